The van der Waals surface area contributed by atoms with Gasteiger partial charge in [0, 0.05) is 29.6 Å². The molecule has 0 unspecified atom stereocenters. The van der Waals surface area contributed by atoms with Crippen molar-refractivity contribution < 1.29 is 12.8 Å². The van der Waals surface area contributed by atoms with Gasteiger partial charge in [-0.25, -0.2) is 22.8 Å². The first-order valence-electron chi connectivity index (χ1n) is 11.7. The molecule has 0 spiro atoms. The lowest BCUT2D eigenvalue weighted by Gasteiger charge is -2.25. The van der Waals surface area contributed by atoms with Crippen molar-refractivity contribution in [2.45, 2.75) is 23.5 Å². The summed E-state index contributed by atoms with van der Waals surface area (Å²) in [6.45, 7) is 1.13. The van der Waals surface area contributed by atoms with Gasteiger partial charge in [0.05, 0.1) is 28.0 Å². The minimum atomic E-state index is -3.52. The fourth-order valence-corrected chi connectivity index (χ4v) is 7.57. The molecule has 36 heavy (non-hydrogen) atoms. The number of nitrogens with zero attached hydrogens (tertiary/aromatic N) is 4. The smallest absolute Gasteiger partial charge is 0.252 e. The van der Waals surface area contributed by atoms with Crippen molar-refractivity contribution in [1.82, 2.24) is 24.5 Å². The number of thiophene rings is 1. The largest absolute Gasteiger partial charge is 0.277 e. The molecule has 5 aromatic rings. The number of aromatic amines is 1. The molecule has 10 heteroatoms. The number of aromatic nitrogens is 4. The zero-order valence-electron chi connectivity index (χ0n) is 19.2. The second kappa shape index (κ2) is 9.20. The Hall–Kier alpha value is -3.47. The second-order valence-electron chi connectivity index (χ2n) is 8.70. The maximum absolute atomic E-state index is 13.4. The molecule has 182 valence electrons. The molecule has 1 aliphatic rings. The Bertz CT molecular complexity index is 1660. The lowest BCUT2D eigenvalue weighted by Crippen LogP contribution is -2.35. The normalized spacial score (nSPS) is 14.9. The number of halogens is 1. The van der Waals surface area contributed by atoms with Crippen LogP contribution in [0.1, 0.15) is 19.3 Å². The molecule has 0 atom stereocenters. The maximum Gasteiger partial charge on any atom is 0.252 e. The van der Waals surface area contributed by atoms with E-state index < -0.39 is 10.0 Å². The van der Waals surface area contributed by atoms with Crippen LogP contribution in [-0.2, 0) is 10.0 Å². The van der Waals surface area contributed by atoms with E-state index in [0.29, 0.717) is 23.0 Å². The SMILES string of the molecule is O=S(=O)(c1ccc(-c2ncnc3ccc(-c4cn[nH]c4-c4ccc(F)cc4)cc23)s1)N1CCCCC1. The first-order chi connectivity index (χ1) is 17.5. The van der Waals surface area contributed by atoms with E-state index in [4.69, 9.17) is 0 Å². The number of hydrogen-bond donors (Lipinski definition) is 1. The zero-order chi connectivity index (χ0) is 24.7. The first kappa shape index (κ1) is 23.0. The number of fused-ring (bicyclic) bond motifs is 1. The Balaban J connectivity index is 1.41. The van der Waals surface area contributed by atoms with Gasteiger partial charge in [-0.2, -0.15) is 9.40 Å². The minimum absolute atomic E-state index is 0.301. The molecule has 3 aromatic heterocycles. The Morgan fingerprint density at radius 1 is 0.917 bits per heavy atom. The number of H-pyrrole nitrogens is 1. The van der Waals surface area contributed by atoms with Crippen molar-refractivity contribution >= 4 is 32.3 Å². The topological polar surface area (TPSA) is 91.8 Å². The Labute approximate surface area is 211 Å². The molecule has 4 heterocycles. The molecule has 0 amide bonds. The van der Waals surface area contributed by atoms with E-state index in [0.717, 1.165) is 57.4 Å². The standard InChI is InChI=1S/C26H22FN5O2S2/c27-19-7-4-17(5-8-19)25-21(15-30-31-25)18-6-9-22-20(14-18)26(29-16-28-22)23-10-11-24(35-23)36(33,34)32-12-2-1-3-13-32/h4-11,14-16H,1-3,12-13H2,(H,30,31). The molecule has 0 aliphatic carbocycles. The van der Waals surface area contributed by atoms with Crippen molar-refractivity contribution in [2.75, 3.05) is 13.1 Å². The van der Waals surface area contributed by atoms with Crippen LogP contribution < -0.4 is 0 Å². The molecule has 6 rings (SSSR count). The van der Waals surface area contributed by atoms with Gasteiger partial charge in [0.2, 0.25) is 0 Å². The summed E-state index contributed by atoms with van der Waals surface area (Å²) in [5.74, 6) is -0.301. The van der Waals surface area contributed by atoms with Crippen LogP contribution in [0.15, 0.2) is 71.3 Å². The van der Waals surface area contributed by atoms with E-state index in [1.807, 2.05) is 24.3 Å². The van der Waals surface area contributed by atoms with Gasteiger partial charge in [-0.1, -0.05) is 12.5 Å². The molecule has 2 aromatic carbocycles. The van der Waals surface area contributed by atoms with E-state index in [-0.39, 0.29) is 5.82 Å². The number of piperidine rings is 1. The summed E-state index contributed by atoms with van der Waals surface area (Å²) in [5.41, 5.74) is 4.78. The van der Waals surface area contributed by atoms with E-state index in [2.05, 4.69) is 20.2 Å². The summed E-state index contributed by atoms with van der Waals surface area (Å²) in [6.07, 6.45) is 6.08. The van der Waals surface area contributed by atoms with Gasteiger partial charge in [0.1, 0.15) is 16.4 Å². The highest BCUT2D eigenvalue weighted by molar-refractivity contribution is 7.91. The van der Waals surface area contributed by atoms with Gasteiger partial charge >= 0.3 is 0 Å². The fourth-order valence-electron chi connectivity index (χ4n) is 4.58. The molecular formula is C26H22FN5O2S2. The molecule has 7 nitrogen and oxygen atoms in total. The van der Waals surface area contributed by atoms with Crippen molar-refractivity contribution in [3.05, 3.63) is 72.9 Å². The third kappa shape index (κ3) is 4.11. The van der Waals surface area contributed by atoms with Crippen LogP contribution in [0.2, 0.25) is 0 Å². The van der Waals surface area contributed by atoms with E-state index in [9.17, 15) is 12.8 Å². The second-order valence-corrected chi connectivity index (χ2v) is 12.0. The molecular weight excluding hydrogens is 497 g/mol. The molecule has 1 saturated heterocycles. The lowest BCUT2D eigenvalue weighted by molar-refractivity contribution is 0.347. The lowest BCUT2D eigenvalue weighted by atomic mass is 9.99. The van der Waals surface area contributed by atoms with Crippen LogP contribution in [0.25, 0.3) is 43.9 Å². The van der Waals surface area contributed by atoms with Crippen LogP contribution in [0.4, 0.5) is 4.39 Å². The van der Waals surface area contributed by atoms with E-state index in [1.54, 1.807) is 28.7 Å². The van der Waals surface area contributed by atoms with Gasteiger partial charge < -0.3 is 0 Å². The number of hydrogen-bond acceptors (Lipinski definition) is 6. The summed E-state index contributed by atoms with van der Waals surface area (Å²) in [7, 11) is -3.52. The van der Waals surface area contributed by atoms with E-state index >= 15 is 0 Å². The third-order valence-corrected chi connectivity index (χ3v) is 9.90. The Morgan fingerprint density at radius 2 is 1.69 bits per heavy atom. The number of benzene rings is 2. The fraction of sp³-hybridized carbons (Fsp3) is 0.192. The molecule has 0 bridgehead atoms. The maximum atomic E-state index is 13.4. The van der Waals surface area contributed by atoms with Gasteiger partial charge in [0.15, 0.2) is 0 Å². The summed E-state index contributed by atoms with van der Waals surface area (Å²) in [5, 5.41) is 8.04. The van der Waals surface area contributed by atoms with Gasteiger partial charge in [-0.3, -0.25) is 5.10 Å². The Morgan fingerprint density at radius 3 is 2.50 bits per heavy atom. The third-order valence-electron chi connectivity index (χ3n) is 6.44. The van der Waals surface area contributed by atoms with Crippen molar-refractivity contribution in [3.63, 3.8) is 0 Å². The molecule has 1 N–H and O–H groups in total. The van der Waals surface area contributed by atoms with Crippen molar-refractivity contribution in [2.24, 2.45) is 0 Å². The van der Waals surface area contributed by atoms with Crippen LogP contribution >= 0.6 is 11.3 Å². The monoisotopic (exact) mass is 519 g/mol. The van der Waals surface area contributed by atoms with Crippen LogP contribution in [-0.4, -0.2) is 46.0 Å². The molecule has 0 radical (unpaired) electrons. The molecule has 1 fully saturated rings. The zero-order valence-corrected chi connectivity index (χ0v) is 20.8. The Kier molecular flexibility index (Phi) is 5.87. The summed E-state index contributed by atoms with van der Waals surface area (Å²) in [4.78, 5) is 9.70. The summed E-state index contributed by atoms with van der Waals surface area (Å²) < 4.78 is 41.7. The van der Waals surface area contributed by atoms with Crippen LogP contribution in [0, 0.1) is 5.82 Å². The number of nitrogens with one attached hydrogen (secondary N) is 1. The average Bonchev–Trinajstić information content (AvgIpc) is 3.60. The number of rotatable bonds is 5. The van der Waals surface area contributed by atoms with Crippen LogP contribution in [0.3, 0.4) is 0 Å². The van der Waals surface area contributed by atoms with Crippen LogP contribution in [0.5, 0.6) is 0 Å². The van der Waals surface area contributed by atoms with Crippen molar-refractivity contribution in [1.29, 1.82) is 0 Å². The van der Waals surface area contributed by atoms with Gasteiger partial charge in [-0.15, -0.1) is 11.3 Å². The van der Waals surface area contributed by atoms with Gasteiger partial charge in [-0.05, 0) is 66.9 Å². The molecule has 1 aliphatic heterocycles. The highest BCUT2D eigenvalue weighted by Crippen LogP contribution is 2.37. The first-order valence-corrected chi connectivity index (χ1v) is 13.9. The quantitative estimate of drug-likeness (QED) is 0.320. The summed E-state index contributed by atoms with van der Waals surface area (Å²) >= 11 is 1.23. The predicted octanol–water partition coefficient (Wildman–Crippen LogP) is 5.73. The van der Waals surface area contributed by atoms with E-state index in [1.165, 1.54) is 29.8 Å². The highest BCUT2D eigenvalue weighted by Gasteiger charge is 2.28. The minimum Gasteiger partial charge on any atom is -0.277 e. The average molecular weight is 520 g/mol. The highest BCUT2D eigenvalue weighted by atomic mass is 32.2. The molecule has 0 saturated carbocycles. The van der Waals surface area contributed by atoms with Gasteiger partial charge in [0.25, 0.3) is 10.0 Å². The summed E-state index contributed by atoms with van der Waals surface area (Å²) in [6, 6.07) is 15.6. The number of sulfonamides is 1. The predicted molar refractivity (Wildman–Crippen MR) is 138 cm³/mol. The van der Waals surface area contributed by atoms with Crippen molar-refractivity contribution in [3.8, 4) is 33.0 Å².